The maximum Gasteiger partial charge on any atom is 0.260 e. The number of halogens is 1. The van der Waals surface area contributed by atoms with Gasteiger partial charge in [0, 0.05) is 22.5 Å². The summed E-state index contributed by atoms with van der Waals surface area (Å²) >= 11 is 4.87. The molecule has 4 rings (SSSR count). The fourth-order valence-corrected chi connectivity index (χ4v) is 5.03. The second kappa shape index (κ2) is 8.25. The lowest BCUT2D eigenvalue weighted by Gasteiger charge is -2.19. The minimum atomic E-state index is -3.34. The smallest absolute Gasteiger partial charge is 0.260 e. The Kier molecular flexibility index (Phi) is 5.68. The number of fused-ring (bicyclic) bond motifs is 1. The average molecular weight is 502 g/mol. The number of nitrogens with zero attached hydrogens (tertiary/aromatic N) is 3. The summed E-state index contributed by atoms with van der Waals surface area (Å²) in [7, 11) is -3.34. The summed E-state index contributed by atoms with van der Waals surface area (Å²) in [6, 6.07) is 17.2. The van der Waals surface area contributed by atoms with Crippen molar-refractivity contribution in [2.75, 3.05) is 11.2 Å². The average Bonchev–Trinajstić information content (AvgIpc) is 3.14. The molecule has 0 spiro atoms. The number of hydrogen-bond donors (Lipinski definition) is 0. The number of hydrogen-bond acceptors (Lipinski definition) is 6. The van der Waals surface area contributed by atoms with Gasteiger partial charge in [0.2, 0.25) is 0 Å². The Bertz CT molecular complexity index is 1320. The highest BCUT2D eigenvalue weighted by molar-refractivity contribution is 9.10. The number of carbonyl (C=O) groups excluding carboxylic acids is 1. The largest absolute Gasteiger partial charge is 0.278 e. The Morgan fingerprint density at radius 2 is 1.87 bits per heavy atom. The van der Waals surface area contributed by atoms with Crippen molar-refractivity contribution in [2.45, 2.75) is 11.4 Å². The van der Waals surface area contributed by atoms with Gasteiger partial charge in [0.15, 0.2) is 15.0 Å². The maximum absolute atomic E-state index is 13.4. The van der Waals surface area contributed by atoms with Crippen LogP contribution in [0.15, 0.2) is 76.2 Å². The van der Waals surface area contributed by atoms with Crippen molar-refractivity contribution in [1.82, 2.24) is 9.97 Å². The van der Waals surface area contributed by atoms with Gasteiger partial charge in [-0.05, 0) is 54.6 Å². The summed E-state index contributed by atoms with van der Waals surface area (Å²) in [5.74, 6) is -0.279. The van der Waals surface area contributed by atoms with E-state index in [-0.39, 0.29) is 17.3 Å². The molecule has 0 saturated heterocycles. The predicted octanol–water partition coefficient (Wildman–Crippen LogP) is 4.70. The van der Waals surface area contributed by atoms with Crippen molar-refractivity contribution in [1.29, 1.82) is 0 Å². The standard InChI is InChI=1S/C21H16BrN3O3S2/c1-30(27,28)17-8-5-14(6-9-17)20(26)25(13-16-4-2-3-11-23-16)21-24-18-10-7-15(22)12-19(18)29-21/h2-12H,13H2,1H3. The normalized spacial score (nSPS) is 11.5. The van der Waals surface area contributed by atoms with Gasteiger partial charge in [-0.25, -0.2) is 13.4 Å². The molecule has 2 heterocycles. The second-order valence-corrected chi connectivity index (χ2v) is 10.6. The molecule has 6 nitrogen and oxygen atoms in total. The lowest BCUT2D eigenvalue weighted by atomic mass is 10.2. The molecule has 4 aromatic rings. The minimum Gasteiger partial charge on any atom is -0.278 e. The van der Waals surface area contributed by atoms with Crippen LogP contribution in [-0.2, 0) is 16.4 Å². The molecule has 0 aliphatic rings. The molecule has 9 heteroatoms. The Labute approximate surface area is 186 Å². The fourth-order valence-electron chi connectivity index (χ4n) is 2.88. The number of rotatable bonds is 5. The maximum atomic E-state index is 13.4. The first-order valence-corrected chi connectivity index (χ1v) is 12.4. The number of thiazole rings is 1. The molecule has 0 unspecified atom stereocenters. The molecular formula is C21H16BrN3O3S2. The highest BCUT2D eigenvalue weighted by Gasteiger charge is 2.23. The molecule has 1 amide bonds. The quantitative estimate of drug-likeness (QED) is 0.395. The lowest BCUT2D eigenvalue weighted by molar-refractivity contribution is 0.0984. The van der Waals surface area contributed by atoms with E-state index in [1.165, 1.54) is 35.6 Å². The number of carbonyl (C=O) groups is 1. The summed E-state index contributed by atoms with van der Waals surface area (Å²) in [5.41, 5.74) is 1.89. The third-order valence-electron chi connectivity index (χ3n) is 4.39. The first-order chi connectivity index (χ1) is 14.3. The zero-order valence-corrected chi connectivity index (χ0v) is 19.0. The van der Waals surface area contributed by atoms with E-state index in [9.17, 15) is 13.2 Å². The highest BCUT2D eigenvalue weighted by atomic mass is 79.9. The van der Waals surface area contributed by atoms with Crippen molar-refractivity contribution in [3.8, 4) is 0 Å². The van der Waals surface area contributed by atoms with Crippen LogP contribution in [-0.4, -0.2) is 30.5 Å². The van der Waals surface area contributed by atoms with E-state index in [0.29, 0.717) is 10.7 Å². The lowest BCUT2D eigenvalue weighted by Crippen LogP contribution is -2.30. The van der Waals surface area contributed by atoms with Gasteiger partial charge in [0.25, 0.3) is 5.91 Å². The molecule has 152 valence electrons. The van der Waals surface area contributed by atoms with E-state index >= 15 is 0 Å². The molecule has 0 fully saturated rings. The number of benzene rings is 2. The first kappa shape index (κ1) is 20.6. The summed E-state index contributed by atoms with van der Waals surface area (Å²) in [6.07, 6.45) is 2.81. The fraction of sp³-hybridized carbons (Fsp3) is 0.0952. The van der Waals surface area contributed by atoms with Crippen molar-refractivity contribution >= 4 is 58.4 Å². The van der Waals surface area contributed by atoms with E-state index < -0.39 is 9.84 Å². The van der Waals surface area contributed by atoms with E-state index in [1.54, 1.807) is 11.1 Å². The third-order valence-corrected chi connectivity index (χ3v) is 7.05. The molecule has 0 aliphatic heterocycles. The number of anilines is 1. The Hall–Kier alpha value is -2.62. The molecule has 0 saturated carbocycles. The highest BCUT2D eigenvalue weighted by Crippen LogP contribution is 2.32. The number of aromatic nitrogens is 2. The van der Waals surface area contributed by atoms with Crippen molar-refractivity contribution in [3.05, 3.63) is 82.6 Å². The van der Waals surface area contributed by atoms with E-state index in [1.807, 2.05) is 36.4 Å². The number of amides is 1. The second-order valence-electron chi connectivity index (χ2n) is 6.62. The van der Waals surface area contributed by atoms with E-state index in [4.69, 9.17) is 0 Å². The molecule has 30 heavy (non-hydrogen) atoms. The van der Waals surface area contributed by atoms with Gasteiger partial charge in [0.05, 0.1) is 27.4 Å². The Morgan fingerprint density at radius 3 is 2.53 bits per heavy atom. The van der Waals surface area contributed by atoms with Gasteiger partial charge < -0.3 is 0 Å². The van der Waals surface area contributed by atoms with Crippen LogP contribution in [0.4, 0.5) is 5.13 Å². The minimum absolute atomic E-state index is 0.167. The number of sulfone groups is 1. The molecule has 0 N–H and O–H groups in total. The van der Waals surface area contributed by atoms with Crippen molar-refractivity contribution in [2.24, 2.45) is 0 Å². The Morgan fingerprint density at radius 1 is 1.10 bits per heavy atom. The summed E-state index contributed by atoms with van der Waals surface area (Å²) < 4.78 is 25.3. The molecule has 0 bridgehead atoms. The van der Waals surface area contributed by atoms with Crippen molar-refractivity contribution in [3.63, 3.8) is 0 Å². The van der Waals surface area contributed by atoms with Crippen LogP contribution in [0.2, 0.25) is 0 Å². The molecular weight excluding hydrogens is 486 g/mol. The van der Waals surface area contributed by atoms with Crippen molar-refractivity contribution < 1.29 is 13.2 Å². The van der Waals surface area contributed by atoms with Gasteiger partial charge in [0.1, 0.15) is 0 Å². The van der Waals surface area contributed by atoms with Gasteiger partial charge in [-0.15, -0.1) is 0 Å². The van der Waals surface area contributed by atoms with Crippen LogP contribution in [0.1, 0.15) is 16.1 Å². The van der Waals surface area contributed by atoms with Gasteiger partial charge in [-0.3, -0.25) is 14.7 Å². The van der Waals surface area contributed by atoms with E-state index in [2.05, 4.69) is 25.9 Å². The summed E-state index contributed by atoms with van der Waals surface area (Å²) in [5, 5.41) is 0.547. The van der Waals surface area contributed by atoms with Crippen LogP contribution in [0.5, 0.6) is 0 Å². The predicted molar refractivity (Wildman–Crippen MR) is 122 cm³/mol. The summed E-state index contributed by atoms with van der Waals surface area (Å²) in [6.45, 7) is 0.245. The zero-order valence-electron chi connectivity index (χ0n) is 15.8. The molecule has 0 aliphatic carbocycles. The van der Waals surface area contributed by atoms with Crippen LogP contribution < -0.4 is 4.90 Å². The monoisotopic (exact) mass is 501 g/mol. The first-order valence-electron chi connectivity index (χ1n) is 8.89. The zero-order chi connectivity index (χ0) is 21.3. The van der Waals surface area contributed by atoms with Crippen LogP contribution in [0.3, 0.4) is 0 Å². The SMILES string of the molecule is CS(=O)(=O)c1ccc(C(=O)N(Cc2ccccn2)c2nc3ccc(Br)cc3s2)cc1. The molecule has 2 aromatic carbocycles. The van der Waals surface area contributed by atoms with Crippen LogP contribution in [0.25, 0.3) is 10.2 Å². The van der Waals surface area contributed by atoms with Crippen LogP contribution in [0, 0.1) is 0 Å². The topological polar surface area (TPSA) is 80.2 Å². The van der Waals surface area contributed by atoms with Gasteiger partial charge in [-0.1, -0.05) is 33.3 Å². The van der Waals surface area contributed by atoms with E-state index in [0.717, 1.165) is 26.6 Å². The number of pyridine rings is 1. The molecule has 2 aromatic heterocycles. The molecule has 0 radical (unpaired) electrons. The third kappa shape index (κ3) is 4.43. The molecule has 0 atom stereocenters. The van der Waals surface area contributed by atoms with Gasteiger partial charge in [-0.2, -0.15) is 0 Å². The Balaban J connectivity index is 1.75. The van der Waals surface area contributed by atoms with Gasteiger partial charge >= 0.3 is 0 Å². The summed E-state index contributed by atoms with van der Waals surface area (Å²) in [4.78, 5) is 24.1. The van der Waals surface area contributed by atoms with Crippen LogP contribution >= 0.6 is 27.3 Å².